The summed E-state index contributed by atoms with van der Waals surface area (Å²) in [6, 6.07) is 30.3. The average molecular weight is 421 g/mol. The van der Waals surface area contributed by atoms with Gasteiger partial charge in [-0.15, -0.1) is 10.2 Å². The molecule has 7 heteroatoms. The second-order valence-electron chi connectivity index (χ2n) is 7.03. The van der Waals surface area contributed by atoms with Gasteiger partial charge >= 0.3 is 0 Å². The van der Waals surface area contributed by atoms with Crippen LogP contribution in [0.5, 0.6) is 0 Å². The average Bonchev–Trinajstić information content (AvgIpc) is 3.55. The standard InChI is InChI=1S/C24H16N6S/c1-4-10-17(11-5-1)21-20(16-29(27-21)19-14-8-3-9-15-19)23-28-30-22(25-26-24(30)31-23)18-12-6-2-7-13-18/h1-16H. The Hall–Kier alpha value is -4.10. The molecule has 0 fully saturated rings. The zero-order valence-corrected chi connectivity index (χ0v) is 17.1. The summed E-state index contributed by atoms with van der Waals surface area (Å²) in [7, 11) is 0. The first kappa shape index (κ1) is 17.7. The zero-order valence-electron chi connectivity index (χ0n) is 16.3. The maximum Gasteiger partial charge on any atom is 0.235 e. The monoisotopic (exact) mass is 420 g/mol. The van der Waals surface area contributed by atoms with E-state index in [0.717, 1.165) is 43.9 Å². The van der Waals surface area contributed by atoms with Gasteiger partial charge in [-0.25, -0.2) is 4.68 Å². The fraction of sp³-hybridized carbons (Fsp3) is 0. The van der Waals surface area contributed by atoms with Crippen LogP contribution in [0, 0.1) is 0 Å². The molecule has 0 atom stereocenters. The van der Waals surface area contributed by atoms with Crippen LogP contribution in [0.25, 0.3) is 43.9 Å². The normalized spacial score (nSPS) is 11.2. The molecular formula is C24H16N6S. The summed E-state index contributed by atoms with van der Waals surface area (Å²) < 4.78 is 3.71. The SMILES string of the molecule is c1ccc(-c2nn(-c3ccccc3)cc2-c2nn3c(-c4ccccc4)nnc3s2)cc1. The predicted octanol–water partition coefficient (Wildman–Crippen LogP) is 5.37. The number of hydrogen-bond acceptors (Lipinski definition) is 5. The van der Waals surface area contributed by atoms with Crippen LogP contribution in [-0.2, 0) is 0 Å². The highest BCUT2D eigenvalue weighted by Gasteiger charge is 2.20. The molecule has 0 aliphatic heterocycles. The summed E-state index contributed by atoms with van der Waals surface area (Å²) in [5.74, 6) is 0.731. The maximum absolute atomic E-state index is 4.90. The molecule has 0 N–H and O–H groups in total. The minimum Gasteiger partial charge on any atom is -0.240 e. The predicted molar refractivity (Wildman–Crippen MR) is 122 cm³/mol. The second-order valence-corrected chi connectivity index (χ2v) is 7.98. The van der Waals surface area contributed by atoms with Crippen molar-refractivity contribution in [3.05, 3.63) is 97.2 Å². The minimum atomic E-state index is 0.731. The molecule has 6 aromatic rings. The highest BCUT2D eigenvalue weighted by molar-refractivity contribution is 7.19. The molecular weight excluding hydrogens is 404 g/mol. The van der Waals surface area contributed by atoms with E-state index in [1.54, 1.807) is 0 Å². The molecule has 148 valence electrons. The molecule has 3 heterocycles. The highest BCUT2D eigenvalue weighted by Crippen LogP contribution is 2.35. The van der Waals surface area contributed by atoms with Crippen molar-refractivity contribution in [2.24, 2.45) is 0 Å². The first-order valence-electron chi connectivity index (χ1n) is 9.85. The van der Waals surface area contributed by atoms with E-state index in [2.05, 4.69) is 22.3 Å². The minimum absolute atomic E-state index is 0.731. The zero-order chi connectivity index (χ0) is 20.6. The van der Waals surface area contributed by atoms with Gasteiger partial charge in [-0.3, -0.25) is 0 Å². The van der Waals surface area contributed by atoms with Crippen molar-refractivity contribution in [2.75, 3.05) is 0 Å². The van der Waals surface area contributed by atoms with Crippen LogP contribution in [0.2, 0.25) is 0 Å². The molecule has 3 aromatic heterocycles. The van der Waals surface area contributed by atoms with Crippen molar-refractivity contribution in [2.45, 2.75) is 0 Å². The molecule has 0 amide bonds. The highest BCUT2D eigenvalue weighted by atomic mass is 32.1. The van der Waals surface area contributed by atoms with E-state index in [9.17, 15) is 0 Å². The number of nitrogens with zero attached hydrogens (tertiary/aromatic N) is 6. The Labute approximate surface area is 182 Å². The van der Waals surface area contributed by atoms with E-state index in [1.165, 1.54) is 11.3 Å². The van der Waals surface area contributed by atoms with Gasteiger partial charge in [0, 0.05) is 17.3 Å². The van der Waals surface area contributed by atoms with Crippen molar-refractivity contribution >= 4 is 16.3 Å². The van der Waals surface area contributed by atoms with Crippen molar-refractivity contribution in [1.29, 1.82) is 0 Å². The van der Waals surface area contributed by atoms with Gasteiger partial charge in [0.05, 0.1) is 11.3 Å². The van der Waals surface area contributed by atoms with Crippen LogP contribution >= 0.6 is 11.3 Å². The summed E-state index contributed by atoms with van der Waals surface area (Å²) in [4.78, 5) is 0.750. The number of para-hydroxylation sites is 1. The third-order valence-corrected chi connectivity index (χ3v) is 5.97. The summed E-state index contributed by atoms with van der Waals surface area (Å²) in [6.07, 6.45) is 2.03. The van der Waals surface area contributed by atoms with Crippen LogP contribution in [0.1, 0.15) is 0 Å². The third kappa shape index (κ3) is 3.12. The number of fused-ring (bicyclic) bond motifs is 1. The first-order valence-corrected chi connectivity index (χ1v) is 10.7. The van der Waals surface area contributed by atoms with Crippen LogP contribution in [0.3, 0.4) is 0 Å². The van der Waals surface area contributed by atoms with E-state index in [-0.39, 0.29) is 0 Å². The van der Waals surface area contributed by atoms with Crippen LogP contribution < -0.4 is 0 Å². The maximum atomic E-state index is 4.90. The Balaban J connectivity index is 1.53. The molecule has 6 rings (SSSR count). The third-order valence-electron chi connectivity index (χ3n) is 5.04. The fourth-order valence-electron chi connectivity index (χ4n) is 3.55. The van der Waals surface area contributed by atoms with E-state index >= 15 is 0 Å². The van der Waals surface area contributed by atoms with Crippen LogP contribution in [0.4, 0.5) is 0 Å². The van der Waals surface area contributed by atoms with E-state index in [0.29, 0.717) is 0 Å². The Bertz CT molecular complexity index is 1470. The number of benzene rings is 3. The summed E-state index contributed by atoms with van der Waals surface area (Å²) in [5, 5.41) is 19.3. The van der Waals surface area contributed by atoms with Crippen molar-refractivity contribution in [3.63, 3.8) is 0 Å². The van der Waals surface area contributed by atoms with E-state index < -0.39 is 0 Å². The summed E-state index contributed by atoms with van der Waals surface area (Å²) in [6.45, 7) is 0. The number of aromatic nitrogens is 6. The Morgan fingerprint density at radius 3 is 2.00 bits per heavy atom. The van der Waals surface area contributed by atoms with Crippen molar-refractivity contribution in [1.82, 2.24) is 29.6 Å². The topological polar surface area (TPSA) is 60.9 Å². The van der Waals surface area contributed by atoms with Gasteiger partial charge in [-0.1, -0.05) is 90.2 Å². The molecule has 3 aromatic carbocycles. The van der Waals surface area contributed by atoms with Gasteiger partial charge in [0.2, 0.25) is 4.96 Å². The van der Waals surface area contributed by atoms with Gasteiger partial charge < -0.3 is 0 Å². The molecule has 0 unspecified atom stereocenters. The van der Waals surface area contributed by atoms with Crippen LogP contribution in [-0.4, -0.2) is 29.6 Å². The number of rotatable bonds is 4. The lowest BCUT2D eigenvalue weighted by Crippen LogP contribution is -1.93. The lowest BCUT2D eigenvalue weighted by Gasteiger charge is -2.00. The molecule has 0 spiro atoms. The Kier molecular flexibility index (Phi) is 4.18. The Morgan fingerprint density at radius 1 is 0.645 bits per heavy atom. The largest absolute Gasteiger partial charge is 0.240 e. The van der Waals surface area contributed by atoms with Gasteiger partial charge in [-0.05, 0) is 12.1 Å². The molecule has 31 heavy (non-hydrogen) atoms. The molecule has 0 aliphatic rings. The van der Waals surface area contributed by atoms with Crippen LogP contribution in [0.15, 0.2) is 97.2 Å². The fourth-order valence-corrected chi connectivity index (χ4v) is 4.40. The van der Waals surface area contributed by atoms with Gasteiger partial charge in [0.1, 0.15) is 5.69 Å². The van der Waals surface area contributed by atoms with Crippen molar-refractivity contribution < 1.29 is 0 Å². The number of hydrogen-bond donors (Lipinski definition) is 0. The molecule has 0 aliphatic carbocycles. The molecule has 0 saturated carbocycles. The lowest BCUT2D eigenvalue weighted by atomic mass is 10.1. The van der Waals surface area contributed by atoms with Gasteiger partial charge in [0.15, 0.2) is 10.8 Å². The van der Waals surface area contributed by atoms with Gasteiger partial charge in [0.25, 0.3) is 0 Å². The summed E-state index contributed by atoms with van der Waals surface area (Å²) in [5.41, 5.74) is 4.87. The molecule has 0 saturated heterocycles. The quantitative estimate of drug-likeness (QED) is 0.385. The summed E-state index contributed by atoms with van der Waals surface area (Å²) >= 11 is 1.51. The van der Waals surface area contributed by atoms with E-state index in [1.807, 2.05) is 94.3 Å². The van der Waals surface area contributed by atoms with Gasteiger partial charge in [-0.2, -0.15) is 14.7 Å². The molecule has 0 radical (unpaired) electrons. The molecule has 6 nitrogen and oxygen atoms in total. The Morgan fingerprint density at radius 2 is 1.29 bits per heavy atom. The second kappa shape index (κ2) is 7.30. The lowest BCUT2D eigenvalue weighted by molar-refractivity contribution is 0.884. The van der Waals surface area contributed by atoms with Crippen molar-refractivity contribution in [3.8, 4) is 38.9 Å². The van der Waals surface area contributed by atoms with E-state index in [4.69, 9.17) is 10.2 Å². The first-order chi connectivity index (χ1) is 15.4. The smallest absolute Gasteiger partial charge is 0.235 e. The molecule has 0 bridgehead atoms.